The van der Waals surface area contributed by atoms with Crippen LogP contribution in [0.15, 0.2) is 18.2 Å². The van der Waals surface area contributed by atoms with Gasteiger partial charge in [0, 0.05) is 12.0 Å². The second-order valence-corrected chi connectivity index (χ2v) is 7.39. The predicted octanol–water partition coefficient (Wildman–Crippen LogP) is 4.05. The zero-order chi connectivity index (χ0) is 20.2. The van der Waals surface area contributed by atoms with E-state index in [9.17, 15) is 9.59 Å². The lowest BCUT2D eigenvalue weighted by atomic mass is 9.85. The van der Waals surface area contributed by atoms with Crippen molar-refractivity contribution in [1.82, 2.24) is 9.55 Å². The van der Waals surface area contributed by atoms with E-state index >= 15 is 0 Å². The number of aromatic nitrogens is 2. The van der Waals surface area contributed by atoms with Gasteiger partial charge in [0.15, 0.2) is 5.82 Å². The van der Waals surface area contributed by atoms with Crippen LogP contribution < -0.4 is 10.5 Å². The van der Waals surface area contributed by atoms with Crippen molar-refractivity contribution in [3.8, 4) is 5.75 Å². The Labute approximate surface area is 161 Å². The molecule has 0 bridgehead atoms. The summed E-state index contributed by atoms with van der Waals surface area (Å²) in [6.45, 7) is 7.77. The zero-order valence-corrected chi connectivity index (χ0v) is 17.0. The number of methoxy groups -OCH3 is 1. The molecule has 1 amide bonds. The number of nitrogens with zero attached hydrogens (tertiary/aromatic N) is 2. The number of amides is 1. The van der Waals surface area contributed by atoms with Crippen molar-refractivity contribution in [2.75, 3.05) is 7.11 Å². The number of carbonyl (C=O) groups is 2. The van der Waals surface area contributed by atoms with E-state index in [1.807, 2.05) is 32.9 Å². The number of primary amides is 1. The fraction of sp³-hybridized carbons (Fsp3) is 0.571. The maximum atomic E-state index is 13.0. The molecule has 1 aromatic carbocycles. The van der Waals surface area contributed by atoms with Crippen LogP contribution in [-0.2, 0) is 10.3 Å². The van der Waals surface area contributed by atoms with E-state index in [1.54, 1.807) is 17.7 Å². The molecule has 2 rings (SSSR count). The smallest absolute Gasteiger partial charge is 0.243 e. The van der Waals surface area contributed by atoms with Crippen LogP contribution in [-0.4, -0.2) is 28.4 Å². The maximum absolute atomic E-state index is 13.0. The third-order valence-electron chi connectivity index (χ3n) is 5.10. The minimum atomic E-state index is -0.980. The number of fused-ring (bicyclic) bond motifs is 1. The lowest BCUT2D eigenvalue weighted by Gasteiger charge is -2.34. The van der Waals surface area contributed by atoms with Gasteiger partial charge in [-0.3, -0.25) is 9.59 Å². The van der Waals surface area contributed by atoms with E-state index in [0.29, 0.717) is 35.4 Å². The Morgan fingerprint density at radius 3 is 2.44 bits per heavy atom. The van der Waals surface area contributed by atoms with Crippen LogP contribution in [0.2, 0.25) is 0 Å². The van der Waals surface area contributed by atoms with Gasteiger partial charge >= 0.3 is 0 Å². The van der Waals surface area contributed by atoms with Crippen LogP contribution in [0, 0.1) is 5.92 Å². The van der Waals surface area contributed by atoms with Gasteiger partial charge in [-0.2, -0.15) is 0 Å². The minimum Gasteiger partial charge on any atom is -0.497 e. The van der Waals surface area contributed by atoms with Crippen LogP contribution in [0.1, 0.15) is 70.4 Å². The summed E-state index contributed by atoms with van der Waals surface area (Å²) in [6.07, 6.45) is 3.67. The van der Waals surface area contributed by atoms with Gasteiger partial charge in [0.2, 0.25) is 11.7 Å². The van der Waals surface area contributed by atoms with Crippen LogP contribution in [0.25, 0.3) is 11.0 Å². The fourth-order valence-corrected chi connectivity index (χ4v) is 3.63. The van der Waals surface area contributed by atoms with Gasteiger partial charge in [-0.1, -0.05) is 47.0 Å². The number of ketones is 1. The summed E-state index contributed by atoms with van der Waals surface area (Å²) >= 11 is 0. The van der Waals surface area contributed by atoms with Gasteiger partial charge in [-0.05, 0) is 25.0 Å². The first-order valence-electron chi connectivity index (χ1n) is 9.73. The highest BCUT2D eigenvalue weighted by Crippen LogP contribution is 2.36. The predicted molar refractivity (Wildman–Crippen MR) is 107 cm³/mol. The number of imidazole rings is 1. The Bertz CT molecular complexity index is 825. The number of ether oxygens (including phenoxy) is 1. The Morgan fingerprint density at radius 1 is 1.22 bits per heavy atom. The minimum absolute atomic E-state index is 0.0941. The molecule has 2 N–H and O–H groups in total. The molecule has 1 aromatic heterocycles. The number of benzene rings is 1. The zero-order valence-electron chi connectivity index (χ0n) is 17.0. The first-order valence-corrected chi connectivity index (χ1v) is 9.73. The topological polar surface area (TPSA) is 87.2 Å². The molecular weight excluding hydrogens is 342 g/mol. The van der Waals surface area contributed by atoms with Gasteiger partial charge in [0.25, 0.3) is 0 Å². The van der Waals surface area contributed by atoms with Crippen LogP contribution >= 0.6 is 0 Å². The van der Waals surface area contributed by atoms with Crippen molar-refractivity contribution in [3.05, 3.63) is 24.0 Å². The van der Waals surface area contributed by atoms with Crippen molar-refractivity contribution >= 4 is 22.7 Å². The maximum Gasteiger partial charge on any atom is 0.243 e. The molecule has 0 saturated carbocycles. The molecular formula is C21H31N3O3. The average molecular weight is 373 g/mol. The van der Waals surface area contributed by atoms with E-state index in [4.69, 9.17) is 10.5 Å². The number of carbonyl (C=O) groups excluding carboxylic acids is 2. The number of Topliss-reactive ketones (excluding diaryl/α,β-unsaturated/α-hetero) is 1. The summed E-state index contributed by atoms with van der Waals surface area (Å²) < 4.78 is 7.17. The molecule has 1 atom stereocenters. The summed E-state index contributed by atoms with van der Waals surface area (Å²) in [5.74, 6) is 0.205. The molecule has 0 aliphatic carbocycles. The van der Waals surface area contributed by atoms with Crippen molar-refractivity contribution < 1.29 is 14.3 Å². The molecule has 0 saturated heterocycles. The highest BCUT2D eigenvalue weighted by molar-refractivity contribution is 5.99. The SMILES string of the molecule is CCCCC(CCC)(C(N)=O)n1c(C(=O)C(C)C)nc2ccc(OC)cc21. The highest BCUT2D eigenvalue weighted by Gasteiger charge is 2.41. The quantitative estimate of drug-likeness (QED) is 0.636. The molecule has 6 nitrogen and oxygen atoms in total. The lowest BCUT2D eigenvalue weighted by molar-refractivity contribution is -0.127. The van der Waals surface area contributed by atoms with Crippen molar-refractivity contribution in [1.29, 1.82) is 0 Å². The Hall–Kier alpha value is -2.37. The molecule has 1 unspecified atom stereocenters. The largest absolute Gasteiger partial charge is 0.497 e. The average Bonchev–Trinajstić information content (AvgIpc) is 3.02. The van der Waals surface area contributed by atoms with E-state index in [0.717, 1.165) is 19.3 Å². The van der Waals surface area contributed by atoms with Crippen molar-refractivity contribution in [2.45, 2.75) is 65.3 Å². The fourth-order valence-electron chi connectivity index (χ4n) is 3.63. The summed E-state index contributed by atoms with van der Waals surface area (Å²) in [5.41, 5.74) is 6.36. The van der Waals surface area contributed by atoms with E-state index in [2.05, 4.69) is 11.9 Å². The number of rotatable bonds is 10. The van der Waals surface area contributed by atoms with Gasteiger partial charge < -0.3 is 15.0 Å². The molecule has 1 heterocycles. The second kappa shape index (κ2) is 8.55. The summed E-state index contributed by atoms with van der Waals surface area (Å²) in [4.78, 5) is 30.4. The van der Waals surface area contributed by atoms with Crippen LogP contribution in [0.3, 0.4) is 0 Å². The first-order chi connectivity index (χ1) is 12.8. The summed E-state index contributed by atoms with van der Waals surface area (Å²) in [5, 5.41) is 0. The number of nitrogens with two attached hydrogens (primary N) is 1. The molecule has 0 aliphatic heterocycles. The van der Waals surface area contributed by atoms with E-state index in [-0.39, 0.29) is 11.7 Å². The molecule has 148 valence electrons. The molecule has 0 aliphatic rings. The number of hydrogen-bond acceptors (Lipinski definition) is 4. The molecule has 27 heavy (non-hydrogen) atoms. The Morgan fingerprint density at radius 2 is 1.93 bits per heavy atom. The third kappa shape index (κ3) is 3.84. The van der Waals surface area contributed by atoms with E-state index < -0.39 is 11.4 Å². The van der Waals surface area contributed by atoms with Gasteiger partial charge in [0.1, 0.15) is 11.3 Å². The van der Waals surface area contributed by atoms with Crippen LogP contribution in [0.5, 0.6) is 5.75 Å². The summed E-state index contributed by atoms with van der Waals surface area (Å²) in [6, 6.07) is 5.46. The second-order valence-electron chi connectivity index (χ2n) is 7.39. The molecule has 6 heteroatoms. The Balaban J connectivity index is 2.89. The number of hydrogen-bond donors (Lipinski definition) is 1. The standard InChI is InChI=1S/C21H31N3O3/c1-6-8-12-21(11-7-2,20(22)26)24-17-13-15(27-5)9-10-16(17)23-19(24)18(25)14(3)4/h9-10,13-14H,6-8,11-12H2,1-5H3,(H2,22,26). The van der Waals surface area contributed by atoms with Crippen molar-refractivity contribution in [3.63, 3.8) is 0 Å². The highest BCUT2D eigenvalue weighted by atomic mass is 16.5. The first kappa shape index (κ1) is 20.9. The van der Waals surface area contributed by atoms with E-state index in [1.165, 1.54) is 0 Å². The monoisotopic (exact) mass is 373 g/mol. The van der Waals surface area contributed by atoms with Gasteiger partial charge in [0.05, 0.1) is 18.1 Å². The van der Waals surface area contributed by atoms with Crippen molar-refractivity contribution in [2.24, 2.45) is 11.7 Å². The molecule has 0 spiro atoms. The van der Waals surface area contributed by atoms with Gasteiger partial charge in [-0.25, -0.2) is 4.98 Å². The number of unbranched alkanes of at least 4 members (excludes halogenated alkanes) is 1. The van der Waals surface area contributed by atoms with Gasteiger partial charge in [-0.15, -0.1) is 0 Å². The lowest BCUT2D eigenvalue weighted by Crippen LogP contribution is -2.47. The normalized spacial score (nSPS) is 13.7. The molecule has 0 fully saturated rings. The van der Waals surface area contributed by atoms with Crippen LogP contribution in [0.4, 0.5) is 0 Å². The molecule has 2 aromatic rings. The summed E-state index contributed by atoms with van der Waals surface area (Å²) in [7, 11) is 1.59. The third-order valence-corrected chi connectivity index (χ3v) is 5.10. The molecule has 0 radical (unpaired) electrons. The Kier molecular flexibility index (Phi) is 6.63.